The summed E-state index contributed by atoms with van der Waals surface area (Å²) in [5, 5.41) is 8.42. The molecule has 0 atom stereocenters. The summed E-state index contributed by atoms with van der Waals surface area (Å²) in [5.41, 5.74) is 1.29. The van der Waals surface area contributed by atoms with Crippen molar-refractivity contribution in [2.45, 2.75) is 5.75 Å². The van der Waals surface area contributed by atoms with Crippen molar-refractivity contribution in [3.8, 4) is 0 Å². The predicted octanol–water partition coefficient (Wildman–Crippen LogP) is 2.79. The molecule has 0 saturated heterocycles. The summed E-state index contributed by atoms with van der Waals surface area (Å²) in [7, 11) is 0. The van der Waals surface area contributed by atoms with Crippen LogP contribution in [0.25, 0.3) is 6.08 Å². The second kappa shape index (κ2) is 5.56. The first-order chi connectivity index (χ1) is 7.13. The summed E-state index contributed by atoms with van der Waals surface area (Å²) >= 11 is 1.63. The first-order valence-electron chi connectivity index (χ1n) is 4.32. The molecule has 0 unspecified atom stereocenters. The van der Waals surface area contributed by atoms with Crippen molar-refractivity contribution in [3.63, 3.8) is 0 Å². The van der Waals surface area contributed by atoms with Crippen LogP contribution >= 0.6 is 11.8 Å². The second-order valence-corrected chi connectivity index (χ2v) is 3.83. The number of thioether (sulfide) groups is 1. The third kappa shape index (κ3) is 3.75. The molecular weight excluding hydrogens is 215 g/mol. The third-order valence-corrected chi connectivity index (χ3v) is 2.40. The lowest BCUT2D eigenvalue weighted by Crippen LogP contribution is -1.89. The van der Waals surface area contributed by atoms with Crippen molar-refractivity contribution in [3.05, 3.63) is 41.2 Å². The van der Waals surface area contributed by atoms with E-state index in [2.05, 4.69) is 0 Å². The van der Waals surface area contributed by atoms with Crippen molar-refractivity contribution in [1.29, 1.82) is 0 Å². The van der Waals surface area contributed by atoms with Crippen LogP contribution in [-0.4, -0.2) is 17.3 Å². The maximum Gasteiger partial charge on any atom is 0.328 e. The molecule has 0 bridgehead atoms. The molecule has 4 heteroatoms. The van der Waals surface area contributed by atoms with E-state index in [-0.39, 0.29) is 0 Å². The van der Waals surface area contributed by atoms with Crippen LogP contribution in [0, 0.1) is 5.82 Å². The average molecular weight is 226 g/mol. The number of benzene rings is 1. The van der Waals surface area contributed by atoms with Crippen LogP contribution in [0.1, 0.15) is 11.1 Å². The van der Waals surface area contributed by atoms with Crippen LogP contribution in [0.3, 0.4) is 0 Å². The zero-order chi connectivity index (χ0) is 11.3. The topological polar surface area (TPSA) is 37.3 Å². The van der Waals surface area contributed by atoms with Gasteiger partial charge in [-0.15, -0.1) is 0 Å². The molecule has 0 aliphatic heterocycles. The van der Waals surface area contributed by atoms with E-state index in [1.165, 1.54) is 12.1 Å². The molecule has 0 aromatic heterocycles. The molecule has 0 spiro atoms. The monoisotopic (exact) mass is 226 g/mol. The first-order valence-corrected chi connectivity index (χ1v) is 5.71. The van der Waals surface area contributed by atoms with Crippen LogP contribution in [0.15, 0.2) is 24.3 Å². The van der Waals surface area contributed by atoms with E-state index >= 15 is 0 Å². The van der Waals surface area contributed by atoms with Crippen molar-refractivity contribution in [2.75, 3.05) is 6.26 Å². The lowest BCUT2D eigenvalue weighted by molar-refractivity contribution is -0.131. The lowest BCUT2D eigenvalue weighted by atomic mass is 10.1. The number of rotatable bonds is 4. The molecule has 1 aromatic rings. The number of halogens is 1. The molecule has 0 saturated carbocycles. The van der Waals surface area contributed by atoms with Crippen LogP contribution in [0.5, 0.6) is 0 Å². The summed E-state index contributed by atoms with van der Waals surface area (Å²) < 4.78 is 13.2. The van der Waals surface area contributed by atoms with Gasteiger partial charge >= 0.3 is 5.97 Å². The summed E-state index contributed by atoms with van der Waals surface area (Å²) in [6, 6.07) is 4.71. The standard InChI is InChI=1S/C11H11FO2S/c1-15-7-8-2-4-10(12)9(6-8)3-5-11(13)14/h2-6H,7H2,1H3,(H,13,14)/b5-3+. The number of carbonyl (C=O) groups is 1. The van der Waals surface area contributed by atoms with E-state index in [0.717, 1.165) is 17.4 Å². The van der Waals surface area contributed by atoms with Crippen LogP contribution in [-0.2, 0) is 10.5 Å². The molecule has 0 radical (unpaired) electrons. The van der Waals surface area contributed by atoms with Gasteiger partial charge in [0.2, 0.25) is 0 Å². The van der Waals surface area contributed by atoms with Gasteiger partial charge < -0.3 is 5.11 Å². The van der Waals surface area contributed by atoms with E-state index in [0.29, 0.717) is 5.56 Å². The largest absolute Gasteiger partial charge is 0.478 e. The summed E-state index contributed by atoms with van der Waals surface area (Å²) in [4.78, 5) is 10.3. The van der Waals surface area contributed by atoms with Gasteiger partial charge in [0.1, 0.15) is 5.82 Å². The average Bonchev–Trinajstić information content (AvgIpc) is 2.19. The maximum atomic E-state index is 13.2. The van der Waals surface area contributed by atoms with Gasteiger partial charge in [-0.2, -0.15) is 11.8 Å². The fourth-order valence-electron chi connectivity index (χ4n) is 1.14. The predicted molar refractivity (Wildman–Crippen MR) is 60.3 cm³/mol. The second-order valence-electron chi connectivity index (χ2n) is 2.96. The Hall–Kier alpha value is -1.29. The zero-order valence-corrected chi connectivity index (χ0v) is 9.05. The Morgan fingerprint density at radius 1 is 1.60 bits per heavy atom. The summed E-state index contributed by atoms with van der Waals surface area (Å²) in [5.74, 6) is -0.698. The SMILES string of the molecule is CSCc1ccc(F)c(/C=C/C(=O)O)c1. The van der Waals surface area contributed by atoms with Crippen molar-refractivity contribution in [2.24, 2.45) is 0 Å². The molecule has 0 heterocycles. The van der Waals surface area contributed by atoms with E-state index in [1.807, 2.05) is 6.26 Å². The fraction of sp³-hybridized carbons (Fsp3) is 0.182. The van der Waals surface area contributed by atoms with Crippen LogP contribution < -0.4 is 0 Å². The quantitative estimate of drug-likeness (QED) is 0.802. The van der Waals surface area contributed by atoms with Gasteiger partial charge in [0.15, 0.2) is 0 Å². The molecule has 2 nitrogen and oxygen atoms in total. The molecular formula is C11H11FO2S. The smallest absolute Gasteiger partial charge is 0.328 e. The van der Waals surface area contributed by atoms with Gasteiger partial charge in [-0.1, -0.05) is 6.07 Å². The van der Waals surface area contributed by atoms with Gasteiger partial charge in [-0.3, -0.25) is 0 Å². The molecule has 1 rings (SSSR count). The van der Waals surface area contributed by atoms with Crippen molar-refractivity contribution < 1.29 is 14.3 Å². The van der Waals surface area contributed by atoms with Gasteiger partial charge in [0.25, 0.3) is 0 Å². The maximum absolute atomic E-state index is 13.2. The highest BCUT2D eigenvalue weighted by Crippen LogP contribution is 2.15. The van der Waals surface area contributed by atoms with Crippen molar-refractivity contribution in [1.82, 2.24) is 0 Å². The summed E-state index contributed by atoms with van der Waals surface area (Å²) in [6.45, 7) is 0. The highest BCUT2D eigenvalue weighted by molar-refractivity contribution is 7.97. The molecule has 0 amide bonds. The van der Waals surface area contributed by atoms with E-state index < -0.39 is 11.8 Å². The molecule has 80 valence electrons. The summed E-state index contributed by atoms with van der Waals surface area (Å²) in [6.07, 6.45) is 4.15. The number of carboxylic acid groups (broad SMARTS) is 1. The Labute approximate surface area is 91.8 Å². The van der Waals surface area contributed by atoms with Crippen LogP contribution in [0.4, 0.5) is 4.39 Å². The number of hydrogen-bond acceptors (Lipinski definition) is 2. The highest BCUT2D eigenvalue weighted by atomic mass is 32.2. The molecule has 1 aromatic carbocycles. The molecule has 15 heavy (non-hydrogen) atoms. The Morgan fingerprint density at radius 3 is 2.93 bits per heavy atom. The van der Waals surface area contributed by atoms with Gasteiger partial charge in [-0.25, -0.2) is 9.18 Å². The number of hydrogen-bond donors (Lipinski definition) is 1. The zero-order valence-electron chi connectivity index (χ0n) is 8.24. The van der Waals surface area contributed by atoms with Crippen LogP contribution in [0.2, 0.25) is 0 Å². The van der Waals surface area contributed by atoms with E-state index in [4.69, 9.17) is 5.11 Å². The minimum absolute atomic E-state index is 0.309. The third-order valence-electron chi connectivity index (χ3n) is 1.78. The van der Waals surface area contributed by atoms with E-state index in [9.17, 15) is 9.18 Å². The van der Waals surface area contributed by atoms with Gasteiger partial charge in [-0.05, 0) is 30.0 Å². The van der Waals surface area contributed by atoms with Crippen molar-refractivity contribution >= 4 is 23.8 Å². The molecule has 0 aliphatic carbocycles. The first kappa shape index (κ1) is 11.8. The van der Waals surface area contributed by atoms with Gasteiger partial charge in [0, 0.05) is 17.4 Å². The minimum atomic E-state index is -1.08. The molecule has 0 fully saturated rings. The molecule has 1 N–H and O–H groups in total. The number of aliphatic carboxylic acids is 1. The Kier molecular flexibility index (Phi) is 4.37. The van der Waals surface area contributed by atoms with E-state index in [1.54, 1.807) is 23.9 Å². The lowest BCUT2D eigenvalue weighted by Gasteiger charge is -2.01. The minimum Gasteiger partial charge on any atom is -0.478 e. The van der Waals surface area contributed by atoms with Gasteiger partial charge in [0.05, 0.1) is 0 Å². The Balaban J connectivity index is 2.94. The number of carboxylic acids is 1. The Bertz CT molecular complexity index is 388. The Morgan fingerprint density at radius 2 is 2.33 bits per heavy atom. The normalized spacial score (nSPS) is 10.8. The molecule has 0 aliphatic rings. The highest BCUT2D eigenvalue weighted by Gasteiger charge is 2.00. The fourth-order valence-corrected chi connectivity index (χ4v) is 1.65.